The van der Waals surface area contributed by atoms with Gasteiger partial charge in [0.2, 0.25) is 5.91 Å². The van der Waals surface area contributed by atoms with Crippen molar-refractivity contribution in [1.82, 2.24) is 9.88 Å². The third kappa shape index (κ3) is 3.62. The van der Waals surface area contributed by atoms with Gasteiger partial charge in [-0.2, -0.15) is 0 Å². The molecular weight excluding hydrogens is 320 g/mol. The highest BCUT2D eigenvalue weighted by Crippen LogP contribution is 2.25. The Morgan fingerprint density at radius 3 is 2.79 bits per heavy atom. The number of amides is 1. The number of furan rings is 1. The maximum atomic E-state index is 12.3. The Bertz CT molecular complexity index is 859. The predicted molar refractivity (Wildman–Crippen MR) is 97.1 cm³/mol. The highest BCUT2D eigenvalue weighted by atomic mass is 32.2. The molecule has 0 saturated carbocycles. The number of benzene rings is 1. The zero-order chi connectivity index (χ0) is 17.1. The third-order valence-electron chi connectivity index (χ3n) is 3.97. The maximum Gasteiger partial charge on any atom is 0.233 e. The quantitative estimate of drug-likeness (QED) is 0.653. The Labute approximate surface area is 145 Å². The topological polar surface area (TPSA) is 46.3 Å². The molecular formula is C19H20N2O2S. The summed E-state index contributed by atoms with van der Waals surface area (Å²) in [4.78, 5) is 18.7. The maximum absolute atomic E-state index is 12.3. The molecule has 0 fully saturated rings. The molecule has 2 aromatic heterocycles. The van der Waals surface area contributed by atoms with Crippen LogP contribution in [0.3, 0.4) is 0 Å². The van der Waals surface area contributed by atoms with Crippen LogP contribution in [-0.4, -0.2) is 28.6 Å². The first kappa shape index (κ1) is 16.6. The van der Waals surface area contributed by atoms with E-state index < -0.39 is 0 Å². The van der Waals surface area contributed by atoms with Crippen LogP contribution >= 0.6 is 11.8 Å². The molecule has 0 radical (unpaired) electrons. The normalized spacial score (nSPS) is 11.0. The molecule has 0 spiro atoms. The highest BCUT2D eigenvalue weighted by molar-refractivity contribution is 7.99. The Balaban J connectivity index is 1.69. The second-order valence-electron chi connectivity index (χ2n) is 5.87. The number of para-hydroxylation sites is 1. The van der Waals surface area contributed by atoms with Crippen molar-refractivity contribution in [3.8, 4) is 0 Å². The highest BCUT2D eigenvalue weighted by Gasteiger charge is 2.12. The number of hydrogen-bond donors (Lipinski definition) is 0. The summed E-state index contributed by atoms with van der Waals surface area (Å²) in [5.74, 6) is 1.20. The Morgan fingerprint density at radius 2 is 2.04 bits per heavy atom. The van der Waals surface area contributed by atoms with Crippen molar-refractivity contribution in [2.24, 2.45) is 0 Å². The molecule has 5 heteroatoms. The molecule has 4 nitrogen and oxygen atoms in total. The first-order chi connectivity index (χ1) is 11.5. The summed E-state index contributed by atoms with van der Waals surface area (Å²) in [5.41, 5.74) is 3.35. The van der Waals surface area contributed by atoms with Crippen molar-refractivity contribution in [1.29, 1.82) is 0 Å². The van der Waals surface area contributed by atoms with Crippen molar-refractivity contribution in [3.05, 3.63) is 59.5 Å². The molecule has 0 aliphatic rings. The Morgan fingerprint density at radius 1 is 1.21 bits per heavy atom. The molecule has 0 unspecified atom stereocenters. The fourth-order valence-corrected chi connectivity index (χ4v) is 3.48. The first-order valence-electron chi connectivity index (χ1n) is 7.80. The molecule has 0 aliphatic heterocycles. The molecule has 3 rings (SSSR count). The third-order valence-corrected chi connectivity index (χ3v) is 4.86. The van der Waals surface area contributed by atoms with Crippen LogP contribution in [0.15, 0.2) is 52.1 Å². The molecule has 0 bridgehead atoms. The van der Waals surface area contributed by atoms with Gasteiger partial charge in [-0.25, -0.2) is 4.98 Å². The number of aromatic nitrogens is 1. The van der Waals surface area contributed by atoms with Gasteiger partial charge in [0.15, 0.2) is 0 Å². The molecule has 1 amide bonds. The number of thioether (sulfide) groups is 1. The molecule has 0 atom stereocenters. The van der Waals surface area contributed by atoms with Crippen molar-refractivity contribution in [2.45, 2.75) is 25.4 Å². The van der Waals surface area contributed by atoms with Crippen LogP contribution in [0.1, 0.15) is 16.9 Å². The number of nitrogens with zero attached hydrogens (tertiary/aromatic N) is 2. The van der Waals surface area contributed by atoms with E-state index in [2.05, 4.69) is 26.0 Å². The van der Waals surface area contributed by atoms with Crippen molar-refractivity contribution < 1.29 is 9.21 Å². The van der Waals surface area contributed by atoms with Gasteiger partial charge in [-0.3, -0.25) is 4.79 Å². The molecule has 0 aliphatic carbocycles. The van der Waals surface area contributed by atoms with Crippen LogP contribution in [0.2, 0.25) is 0 Å². The zero-order valence-corrected chi connectivity index (χ0v) is 14.9. The van der Waals surface area contributed by atoms with Gasteiger partial charge < -0.3 is 9.32 Å². The fourth-order valence-electron chi connectivity index (χ4n) is 2.58. The molecule has 24 heavy (non-hydrogen) atoms. The number of carbonyl (C=O) groups is 1. The van der Waals surface area contributed by atoms with Gasteiger partial charge in [-0.15, -0.1) is 0 Å². The van der Waals surface area contributed by atoms with E-state index in [-0.39, 0.29) is 5.91 Å². The minimum atomic E-state index is 0.0562. The lowest BCUT2D eigenvalue weighted by Gasteiger charge is -2.15. The number of aryl methyl sites for hydroxylation is 2. The summed E-state index contributed by atoms with van der Waals surface area (Å²) in [7, 11) is 1.79. The van der Waals surface area contributed by atoms with Gasteiger partial charge in [-0.1, -0.05) is 30.0 Å². The molecule has 3 aromatic rings. The summed E-state index contributed by atoms with van der Waals surface area (Å²) < 4.78 is 5.28. The van der Waals surface area contributed by atoms with Gasteiger partial charge in [0.05, 0.1) is 29.1 Å². The number of rotatable bonds is 5. The predicted octanol–water partition coefficient (Wildman–Crippen LogP) is 4.20. The Hall–Kier alpha value is -2.27. The van der Waals surface area contributed by atoms with Crippen LogP contribution in [0, 0.1) is 13.8 Å². The van der Waals surface area contributed by atoms with Gasteiger partial charge in [0.25, 0.3) is 0 Å². The monoisotopic (exact) mass is 340 g/mol. The summed E-state index contributed by atoms with van der Waals surface area (Å²) in [6, 6.07) is 11.9. The van der Waals surface area contributed by atoms with Crippen molar-refractivity contribution >= 4 is 28.6 Å². The lowest BCUT2D eigenvalue weighted by Crippen LogP contribution is -2.27. The SMILES string of the molecule is Cc1cc(SCC(=O)N(C)Cc2ccco2)nc2c(C)cccc12. The van der Waals surface area contributed by atoms with Gasteiger partial charge in [0, 0.05) is 12.4 Å². The van der Waals surface area contributed by atoms with E-state index >= 15 is 0 Å². The summed E-state index contributed by atoms with van der Waals surface area (Å²) in [6.07, 6.45) is 1.62. The van der Waals surface area contributed by atoms with E-state index in [1.165, 1.54) is 22.7 Å². The second-order valence-corrected chi connectivity index (χ2v) is 6.86. The van der Waals surface area contributed by atoms with E-state index in [0.717, 1.165) is 21.9 Å². The molecule has 1 aromatic carbocycles. The van der Waals surface area contributed by atoms with Crippen LogP contribution in [0.25, 0.3) is 10.9 Å². The summed E-state index contributed by atoms with van der Waals surface area (Å²) in [5, 5.41) is 2.05. The lowest BCUT2D eigenvalue weighted by atomic mass is 10.1. The van der Waals surface area contributed by atoms with E-state index in [9.17, 15) is 4.79 Å². The van der Waals surface area contributed by atoms with Crippen LogP contribution in [-0.2, 0) is 11.3 Å². The van der Waals surface area contributed by atoms with Gasteiger partial charge in [-0.05, 0) is 43.2 Å². The van der Waals surface area contributed by atoms with Gasteiger partial charge >= 0.3 is 0 Å². The van der Waals surface area contributed by atoms with Crippen LogP contribution < -0.4 is 0 Å². The first-order valence-corrected chi connectivity index (χ1v) is 8.79. The van der Waals surface area contributed by atoms with E-state index in [0.29, 0.717) is 12.3 Å². The van der Waals surface area contributed by atoms with Gasteiger partial charge in [0.1, 0.15) is 5.76 Å². The van der Waals surface area contributed by atoms with E-state index in [1.54, 1.807) is 18.2 Å². The lowest BCUT2D eigenvalue weighted by molar-refractivity contribution is -0.127. The van der Waals surface area contributed by atoms with Crippen molar-refractivity contribution in [2.75, 3.05) is 12.8 Å². The Kier molecular flexibility index (Phi) is 4.90. The van der Waals surface area contributed by atoms with E-state index in [4.69, 9.17) is 9.40 Å². The number of fused-ring (bicyclic) bond motifs is 1. The molecule has 0 saturated heterocycles. The average Bonchev–Trinajstić information content (AvgIpc) is 3.06. The van der Waals surface area contributed by atoms with E-state index in [1.807, 2.05) is 24.3 Å². The summed E-state index contributed by atoms with van der Waals surface area (Å²) in [6.45, 7) is 4.62. The molecule has 0 N–H and O–H groups in total. The fraction of sp³-hybridized carbons (Fsp3) is 0.263. The average molecular weight is 340 g/mol. The number of carbonyl (C=O) groups excluding carboxylic acids is 1. The zero-order valence-electron chi connectivity index (χ0n) is 14.1. The molecule has 2 heterocycles. The minimum absolute atomic E-state index is 0.0562. The standard InChI is InChI=1S/C19H20N2O2S/c1-13-6-4-8-16-14(2)10-17(20-19(13)16)24-12-18(22)21(3)11-15-7-5-9-23-15/h4-10H,11-12H2,1-3H3. The largest absolute Gasteiger partial charge is 0.467 e. The van der Waals surface area contributed by atoms with Crippen molar-refractivity contribution in [3.63, 3.8) is 0 Å². The number of pyridine rings is 1. The minimum Gasteiger partial charge on any atom is -0.467 e. The summed E-state index contributed by atoms with van der Waals surface area (Å²) >= 11 is 1.47. The van der Waals surface area contributed by atoms with Crippen LogP contribution in [0.5, 0.6) is 0 Å². The van der Waals surface area contributed by atoms with Crippen LogP contribution in [0.4, 0.5) is 0 Å². The number of hydrogen-bond acceptors (Lipinski definition) is 4. The second kappa shape index (κ2) is 7.09. The smallest absolute Gasteiger partial charge is 0.233 e. The molecule has 124 valence electrons.